The van der Waals surface area contributed by atoms with E-state index in [2.05, 4.69) is 38.4 Å². The Labute approximate surface area is 164 Å². The van der Waals surface area contributed by atoms with Gasteiger partial charge in [-0.05, 0) is 61.9 Å². The van der Waals surface area contributed by atoms with Crippen LogP contribution in [0.5, 0.6) is 0 Å². The normalized spacial score (nSPS) is 17.7. The number of hydroxylamine groups is 1. The Morgan fingerprint density at radius 2 is 2.23 bits per heavy atom. The van der Waals surface area contributed by atoms with Crippen LogP contribution in [-0.2, 0) is 4.84 Å². The highest BCUT2D eigenvalue weighted by Gasteiger charge is 2.26. The first-order valence-electron chi connectivity index (χ1n) is 8.09. The molecule has 3 rings (SSSR count). The number of halogens is 2. The monoisotopic (exact) mass is 471 g/mol. The molecule has 1 amide bonds. The fraction of sp³-hybridized carbons (Fsp3) is 0.333. The number of hydrogen-bond donors (Lipinski definition) is 2. The zero-order chi connectivity index (χ0) is 18.9. The zero-order valence-corrected chi connectivity index (χ0v) is 16.8. The SMILES string of the molecule is CC(C)(C)ONC(=O)c1oc2ccncc2c1NC1CC=C(I)C=C1F. The zero-order valence-electron chi connectivity index (χ0n) is 14.6. The van der Waals surface area contributed by atoms with Crippen molar-refractivity contribution in [3.8, 4) is 0 Å². The van der Waals surface area contributed by atoms with Crippen LogP contribution in [0, 0.1) is 0 Å². The van der Waals surface area contributed by atoms with Crippen LogP contribution in [0.25, 0.3) is 11.0 Å². The molecule has 0 aromatic carbocycles. The van der Waals surface area contributed by atoms with Crippen molar-refractivity contribution in [1.82, 2.24) is 10.5 Å². The molecule has 0 saturated heterocycles. The number of rotatable bonds is 4. The van der Waals surface area contributed by atoms with E-state index in [1.807, 2.05) is 26.8 Å². The number of anilines is 1. The number of carbonyl (C=O) groups is 1. The van der Waals surface area contributed by atoms with Crippen LogP contribution in [0.4, 0.5) is 10.1 Å². The van der Waals surface area contributed by atoms with Gasteiger partial charge in [0.15, 0.2) is 0 Å². The van der Waals surface area contributed by atoms with Crippen LogP contribution in [0.1, 0.15) is 37.7 Å². The average molecular weight is 471 g/mol. The predicted octanol–water partition coefficient (Wildman–Crippen LogP) is 4.64. The number of allylic oxidation sites excluding steroid dienone is 2. The number of hydrogen-bond acceptors (Lipinski definition) is 5. The first kappa shape index (κ1) is 18.8. The molecule has 1 aliphatic carbocycles. The molecule has 1 atom stereocenters. The van der Waals surface area contributed by atoms with Crippen molar-refractivity contribution in [3.05, 3.63) is 45.8 Å². The Bertz CT molecular complexity index is 899. The molecule has 0 bridgehead atoms. The first-order chi connectivity index (χ1) is 12.2. The third-order valence-electron chi connectivity index (χ3n) is 3.62. The molecule has 1 aliphatic rings. The molecule has 2 heterocycles. The number of fused-ring (bicyclic) bond motifs is 1. The van der Waals surface area contributed by atoms with Gasteiger partial charge in [-0.3, -0.25) is 14.6 Å². The van der Waals surface area contributed by atoms with Crippen molar-refractivity contribution in [3.63, 3.8) is 0 Å². The fourth-order valence-electron chi connectivity index (χ4n) is 2.43. The molecular weight excluding hydrogens is 452 g/mol. The Balaban J connectivity index is 1.93. The van der Waals surface area contributed by atoms with Crippen molar-refractivity contribution in [2.24, 2.45) is 0 Å². The molecule has 0 aliphatic heterocycles. The van der Waals surface area contributed by atoms with Gasteiger partial charge < -0.3 is 9.73 Å². The molecule has 6 nitrogen and oxygen atoms in total. The Morgan fingerprint density at radius 3 is 2.92 bits per heavy atom. The van der Waals surface area contributed by atoms with Gasteiger partial charge in [0.2, 0.25) is 5.76 Å². The second-order valence-electron chi connectivity index (χ2n) is 6.87. The van der Waals surface area contributed by atoms with Gasteiger partial charge in [0.25, 0.3) is 0 Å². The van der Waals surface area contributed by atoms with Crippen molar-refractivity contribution in [1.29, 1.82) is 0 Å². The number of aromatic nitrogens is 1. The Kier molecular flexibility index (Phi) is 5.33. The van der Waals surface area contributed by atoms with E-state index in [1.165, 1.54) is 6.08 Å². The lowest BCUT2D eigenvalue weighted by Gasteiger charge is -2.21. The van der Waals surface area contributed by atoms with Crippen molar-refractivity contribution >= 4 is 45.2 Å². The highest BCUT2D eigenvalue weighted by Crippen LogP contribution is 2.34. The summed E-state index contributed by atoms with van der Waals surface area (Å²) in [7, 11) is 0. The number of furan rings is 1. The molecule has 138 valence electrons. The van der Waals surface area contributed by atoms with Crippen LogP contribution in [0.2, 0.25) is 0 Å². The molecule has 1 unspecified atom stereocenters. The van der Waals surface area contributed by atoms with Crippen LogP contribution >= 0.6 is 22.6 Å². The molecule has 2 aromatic rings. The maximum absolute atomic E-state index is 14.3. The second kappa shape index (κ2) is 7.36. The summed E-state index contributed by atoms with van der Waals surface area (Å²) in [5.74, 6) is -0.828. The van der Waals surface area contributed by atoms with E-state index in [0.717, 1.165) is 3.58 Å². The number of nitrogens with one attached hydrogen (secondary N) is 2. The molecular formula is C18H19FIN3O3. The summed E-state index contributed by atoms with van der Waals surface area (Å²) in [6.07, 6.45) is 6.99. The number of nitrogens with zero attached hydrogens (tertiary/aromatic N) is 1. The van der Waals surface area contributed by atoms with E-state index in [-0.39, 0.29) is 11.6 Å². The van der Waals surface area contributed by atoms with E-state index in [9.17, 15) is 9.18 Å². The maximum atomic E-state index is 14.3. The van der Waals surface area contributed by atoms with Crippen molar-refractivity contribution < 1.29 is 18.4 Å². The molecule has 0 radical (unpaired) electrons. The summed E-state index contributed by atoms with van der Waals surface area (Å²) in [6.45, 7) is 5.43. The van der Waals surface area contributed by atoms with Gasteiger partial charge in [-0.2, -0.15) is 0 Å². The van der Waals surface area contributed by atoms with Crippen LogP contribution in [0.15, 0.2) is 44.4 Å². The van der Waals surface area contributed by atoms with E-state index >= 15 is 0 Å². The third-order valence-corrected chi connectivity index (χ3v) is 4.37. The van der Waals surface area contributed by atoms with E-state index in [4.69, 9.17) is 9.25 Å². The van der Waals surface area contributed by atoms with Gasteiger partial charge in [0, 0.05) is 16.0 Å². The largest absolute Gasteiger partial charge is 0.448 e. The molecule has 0 spiro atoms. The van der Waals surface area contributed by atoms with Crippen LogP contribution in [-0.4, -0.2) is 22.5 Å². The Hall–Kier alpha value is -1.94. The summed E-state index contributed by atoms with van der Waals surface area (Å²) in [5.41, 5.74) is 2.69. The lowest BCUT2D eigenvalue weighted by atomic mass is 10.1. The lowest BCUT2D eigenvalue weighted by Crippen LogP contribution is -2.34. The van der Waals surface area contributed by atoms with Gasteiger partial charge >= 0.3 is 5.91 Å². The van der Waals surface area contributed by atoms with E-state index in [1.54, 1.807) is 18.5 Å². The minimum absolute atomic E-state index is 0.0225. The topological polar surface area (TPSA) is 76.4 Å². The standard InChI is InChI=1S/C18H19FIN3O3/c1-18(2,3)26-23-17(24)16-15(11-9-21-7-6-14(11)25-16)22-13-5-4-10(20)8-12(13)19/h4,6-9,13,22H,5H2,1-3H3,(H,23,24). The van der Waals surface area contributed by atoms with Gasteiger partial charge in [0.1, 0.15) is 11.4 Å². The molecule has 0 saturated carbocycles. The lowest BCUT2D eigenvalue weighted by molar-refractivity contribution is -0.0597. The minimum Gasteiger partial charge on any atom is -0.448 e. The highest BCUT2D eigenvalue weighted by molar-refractivity contribution is 14.1. The molecule has 8 heteroatoms. The minimum atomic E-state index is -0.579. The molecule has 0 fully saturated rings. The fourth-order valence-corrected chi connectivity index (χ4v) is 2.98. The summed E-state index contributed by atoms with van der Waals surface area (Å²) < 4.78 is 20.8. The molecule has 2 aromatic heterocycles. The first-order valence-corrected chi connectivity index (χ1v) is 9.16. The molecule has 2 N–H and O–H groups in total. The number of amides is 1. The van der Waals surface area contributed by atoms with Gasteiger partial charge in [-0.1, -0.05) is 6.08 Å². The highest BCUT2D eigenvalue weighted by atomic mass is 127. The quantitative estimate of drug-likeness (QED) is 0.502. The maximum Gasteiger partial charge on any atom is 0.312 e. The summed E-state index contributed by atoms with van der Waals surface area (Å²) in [6, 6.07) is 1.07. The smallest absolute Gasteiger partial charge is 0.312 e. The van der Waals surface area contributed by atoms with E-state index < -0.39 is 17.6 Å². The van der Waals surface area contributed by atoms with Gasteiger partial charge in [-0.25, -0.2) is 9.87 Å². The summed E-state index contributed by atoms with van der Waals surface area (Å²) >= 11 is 2.07. The van der Waals surface area contributed by atoms with Gasteiger partial charge in [0.05, 0.1) is 22.7 Å². The summed E-state index contributed by atoms with van der Waals surface area (Å²) in [4.78, 5) is 21.9. The average Bonchev–Trinajstić information content (AvgIpc) is 2.93. The van der Waals surface area contributed by atoms with Crippen molar-refractivity contribution in [2.75, 3.05) is 5.32 Å². The number of pyridine rings is 1. The number of carbonyl (C=O) groups excluding carboxylic acids is 1. The third kappa shape index (κ3) is 4.24. The van der Waals surface area contributed by atoms with E-state index in [0.29, 0.717) is 23.1 Å². The van der Waals surface area contributed by atoms with Crippen LogP contribution < -0.4 is 10.8 Å². The van der Waals surface area contributed by atoms with Crippen molar-refractivity contribution in [2.45, 2.75) is 38.8 Å². The molecule has 26 heavy (non-hydrogen) atoms. The second-order valence-corrected chi connectivity index (χ2v) is 8.12. The van der Waals surface area contributed by atoms with Gasteiger partial charge in [-0.15, -0.1) is 0 Å². The summed E-state index contributed by atoms with van der Waals surface area (Å²) in [5, 5.41) is 3.68. The Morgan fingerprint density at radius 1 is 1.46 bits per heavy atom. The van der Waals surface area contributed by atoms with Crippen LogP contribution in [0.3, 0.4) is 0 Å². The predicted molar refractivity (Wildman–Crippen MR) is 106 cm³/mol.